The average Bonchev–Trinajstić information content (AvgIpc) is 2.88. The Kier molecular flexibility index (Phi) is 5.53. The van der Waals surface area contributed by atoms with E-state index in [9.17, 15) is 4.79 Å². The molecule has 0 amide bonds. The van der Waals surface area contributed by atoms with Crippen LogP contribution in [-0.4, -0.2) is 30.1 Å². The maximum absolute atomic E-state index is 10.4. The number of aldehydes is 1. The van der Waals surface area contributed by atoms with Gasteiger partial charge in [-0.3, -0.25) is 4.79 Å². The Morgan fingerprint density at radius 1 is 1.56 bits per heavy atom. The van der Waals surface area contributed by atoms with Gasteiger partial charge in [-0.1, -0.05) is 5.16 Å². The van der Waals surface area contributed by atoms with Gasteiger partial charge >= 0.3 is 0 Å². The van der Waals surface area contributed by atoms with Gasteiger partial charge in [0.1, 0.15) is 11.5 Å². The van der Waals surface area contributed by atoms with E-state index in [1.165, 1.54) is 6.07 Å². The van der Waals surface area contributed by atoms with Gasteiger partial charge in [-0.05, 0) is 19.1 Å². The molecule has 0 aromatic carbocycles. The number of nitrogens with two attached hydrogens (primary N) is 1. The maximum atomic E-state index is 10.4. The summed E-state index contributed by atoms with van der Waals surface area (Å²) < 4.78 is 9.46. The van der Waals surface area contributed by atoms with Crippen molar-refractivity contribution in [3.05, 3.63) is 30.1 Å². The molecule has 2 heterocycles. The molecule has 0 unspecified atom stereocenters. The van der Waals surface area contributed by atoms with E-state index in [1.54, 1.807) is 25.4 Å². The zero-order valence-electron chi connectivity index (χ0n) is 10.3. The van der Waals surface area contributed by atoms with Gasteiger partial charge in [0.15, 0.2) is 12.0 Å². The number of carbonyl (C=O) groups excluding carboxylic acids is 1. The summed E-state index contributed by atoms with van der Waals surface area (Å²) in [5, 5.41) is 3.53. The van der Waals surface area contributed by atoms with Crippen LogP contribution >= 0.6 is 0 Å². The number of aromatic nitrogens is 2. The quantitative estimate of drug-likeness (QED) is 0.834. The van der Waals surface area contributed by atoms with E-state index >= 15 is 0 Å². The Bertz CT molecular complexity index is 495. The normalized spacial score (nSPS) is 9.44. The minimum absolute atomic E-state index is 0.239. The number of nitrogens with zero attached hydrogens (tertiary/aromatic N) is 2. The molecule has 96 valence electrons. The second-order valence-corrected chi connectivity index (χ2v) is 3.25. The second-order valence-electron chi connectivity index (χ2n) is 3.25. The molecule has 0 atom stereocenters. The number of anilines is 1. The fraction of sp³-hybridized carbons (Fsp3) is 0.250. The van der Waals surface area contributed by atoms with Crippen LogP contribution in [0.4, 0.5) is 5.82 Å². The van der Waals surface area contributed by atoms with Gasteiger partial charge in [0.05, 0.1) is 5.56 Å². The molecule has 0 aliphatic carbocycles. The largest absolute Gasteiger partial charge is 0.385 e. The molecular weight excluding hydrogens is 234 g/mol. The Morgan fingerprint density at radius 3 is 2.78 bits per heavy atom. The molecule has 2 rings (SSSR count). The Labute approximate surface area is 105 Å². The zero-order valence-corrected chi connectivity index (χ0v) is 10.3. The highest BCUT2D eigenvalue weighted by molar-refractivity contribution is 5.76. The molecule has 0 saturated heterocycles. The number of hydrogen-bond acceptors (Lipinski definition) is 6. The fourth-order valence-corrected chi connectivity index (χ4v) is 1.10. The van der Waals surface area contributed by atoms with Crippen molar-refractivity contribution in [3.63, 3.8) is 0 Å². The van der Waals surface area contributed by atoms with Crippen molar-refractivity contribution in [2.24, 2.45) is 0 Å². The lowest BCUT2D eigenvalue weighted by atomic mass is 10.2. The molecule has 2 N–H and O–H groups in total. The third kappa shape index (κ3) is 3.67. The molecule has 6 heteroatoms. The summed E-state index contributed by atoms with van der Waals surface area (Å²) in [5.74, 6) is 0.791. The highest BCUT2D eigenvalue weighted by Crippen LogP contribution is 2.23. The van der Waals surface area contributed by atoms with Crippen LogP contribution in [0.1, 0.15) is 17.4 Å². The fourth-order valence-electron chi connectivity index (χ4n) is 1.10. The van der Waals surface area contributed by atoms with E-state index in [2.05, 4.69) is 14.9 Å². The number of pyridine rings is 1. The van der Waals surface area contributed by atoms with Crippen LogP contribution in [0.15, 0.2) is 28.9 Å². The predicted molar refractivity (Wildman–Crippen MR) is 67.1 cm³/mol. The molecule has 0 fully saturated rings. The molecule has 0 radical (unpaired) electrons. The molecule has 6 nitrogen and oxygen atoms in total. The first-order chi connectivity index (χ1) is 8.72. The molecule has 0 aliphatic rings. The van der Waals surface area contributed by atoms with Gasteiger partial charge in [0.2, 0.25) is 0 Å². The summed E-state index contributed by atoms with van der Waals surface area (Å²) in [6.45, 7) is 2.78. The van der Waals surface area contributed by atoms with Crippen LogP contribution in [0, 0.1) is 0 Å². The lowest BCUT2D eigenvalue weighted by Crippen LogP contribution is -1.91. The Morgan fingerprint density at radius 2 is 2.28 bits per heavy atom. The van der Waals surface area contributed by atoms with E-state index in [0.29, 0.717) is 23.4 Å². The smallest absolute Gasteiger partial charge is 0.171 e. The van der Waals surface area contributed by atoms with Crippen molar-refractivity contribution >= 4 is 12.1 Å². The van der Waals surface area contributed by atoms with E-state index in [4.69, 9.17) is 10.3 Å². The number of carbonyl (C=O) groups is 1. The van der Waals surface area contributed by atoms with Crippen LogP contribution in [-0.2, 0) is 4.74 Å². The van der Waals surface area contributed by atoms with Gasteiger partial charge in [-0.2, -0.15) is 0 Å². The number of ether oxygens (including phenoxy) is 1. The van der Waals surface area contributed by atoms with Crippen molar-refractivity contribution in [2.45, 2.75) is 6.92 Å². The monoisotopic (exact) mass is 249 g/mol. The summed E-state index contributed by atoms with van der Waals surface area (Å²) in [4.78, 5) is 14.3. The van der Waals surface area contributed by atoms with Crippen LogP contribution in [0.25, 0.3) is 11.3 Å². The van der Waals surface area contributed by atoms with Crippen LogP contribution in [0.2, 0.25) is 0 Å². The zero-order chi connectivity index (χ0) is 13.4. The second kappa shape index (κ2) is 7.18. The average molecular weight is 249 g/mol. The van der Waals surface area contributed by atoms with Crippen molar-refractivity contribution < 1.29 is 14.1 Å². The maximum Gasteiger partial charge on any atom is 0.171 e. The van der Waals surface area contributed by atoms with E-state index in [1.807, 2.05) is 6.92 Å². The van der Waals surface area contributed by atoms with E-state index in [0.717, 1.165) is 6.61 Å². The third-order valence-electron chi connectivity index (χ3n) is 2.04. The summed E-state index contributed by atoms with van der Waals surface area (Å²) in [7, 11) is 1.68. The van der Waals surface area contributed by atoms with Crippen LogP contribution < -0.4 is 5.73 Å². The molecular formula is C12H15N3O3. The highest BCUT2D eigenvalue weighted by Gasteiger charge is 2.08. The van der Waals surface area contributed by atoms with E-state index in [-0.39, 0.29) is 5.69 Å². The molecule has 2 aromatic heterocycles. The SMILES string of the molecule is CCOC.Nc1ncccc1-c1cc(C=O)no1. The standard InChI is InChI=1S/C9H7N3O2.C3H8O/c10-9-7(2-1-3-11-9)8-4-6(5-13)12-14-8;1-3-4-2/h1-5H,(H2,10,11);3H2,1-2H3. The molecule has 0 spiro atoms. The Hall–Kier alpha value is -2.21. The van der Waals surface area contributed by atoms with Crippen molar-refractivity contribution in [3.8, 4) is 11.3 Å². The molecule has 0 aliphatic heterocycles. The molecule has 2 aromatic rings. The minimum atomic E-state index is 0.239. The lowest BCUT2D eigenvalue weighted by molar-refractivity contribution is 0.111. The van der Waals surface area contributed by atoms with Crippen molar-refractivity contribution in [1.29, 1.82) is 0 Å². The number of hydrogen-bond donors (Lipinski definition) is 1. The van der Waals surface area contributed by atoms with Gasteiger partial charge in [0, 0.05) is 26.0 Å². The summed E-state index contributed by atoms with van der Waals surface area (Å²) in [5.41, 5.74) is 6.49. The number of methoxy groups -OCH3 is 1. The number of rotatable bonds is 3. The third-order valence-corrected chi connectivity index (χ3v) is 2.04. The lowest BCUT2D eigenvalue weighted by Gasteiger charge is -1.97. The van der Waals surface area contributed by atoms with E-state index < -0.39 is 0 Å². The molecule has 0 bridgehead atoms. The minimum Gasteiger partial charge on any atom is -0.385 e. The molecule has 0 saturated carbocycles. The van der Waals surface area contributed by atoms with Crippen LogP contribution in [0.3, 0.4) is 0 Å². The van der Waals surface area contributed by atoms with Crippen molar-refractivity contribution in [1.82, 2.24) is 10.1 Å². The molecule has 18 heavy (non-hydrogen) atoms. The Balaban J connectivity index is 0.000000357. The van der Waals surface area contributed by atoms with Gasteiger partial charge in [0.25, 0.3) is 0 Å². The topological polar surface area (TPSA) is 91.2 Å². The first kappa shape index (κ1) is 13.9. The highest BCUT2D eigenvalue weighted by atomic mass is 16.5. The summed E-state index contributed by atoms with van der Waals surface area (Å²) >= 11 is 0. The summed E-state index contributed by atoms with van der Waals surface area (Å²) in [6, 6.07) is 4.99. The van der Waals surface area contributed by atoms with Crippen LogP contribution in [0.5, 0.6) is 0 Å². The first-order valence-electron chi connectivity index (χ1n) is 5.34. The van der Waals surface area contributed by atoms with Crippen molar-refractivity contribution in [2.75, 3.05) is 19.5 Å². The number of nitrogen functional groups attached to an aromatic ring is 1. The first-order valence-corrected chi connectivity index (χ1v) is 5.34. The van der Waals surface area contributed by atoms with Gasteiger partial charge in [-0.15, -0.1) is 0 Å². The van der Waals surface area contributed by atoms with Gasteiger partial charge < -0.3 is 15.0 Å². The predicted octanol–water partition coefficient (Wildman–Crippen LogP) is 1.78. The summed E-state index contributed by atoms with van der Waals surface area (Å²) in [6.07, 6.45) is 2.19. The van der Waals surface area contributed by atoms with Gasteiger partial charge in [-0.25, -0.2) is 4.98 Å².